The monoisotopic (exact) mass is 224 g/mol. The molecule has 0 aliphatic rings. The van der Waals surface area contributed by atoms with Crippen LogP contribution in [0.2, 0.25) is 0 Å². The van der Waals surface area contributed by atoms with E-state index in [-0.39, 0.29) is 0 Å². The highest BCUT2D eigenvalue weighted by molar-refractivity contribution is 9.10. The zero-order chi connectivity index (χ0) is 8.55. The first-order chi connectivity index (χ1) is 5.83. The number of hydrogen-bond acceptors (Lipinski definition) is 2. The molecule has 2 aromatic rings. The fourth-order valence-corrected chi connectivity index (χ4v) is 1.54. The van der Waals surface area contributed by atoms with Gasteiger partial charge in [0.25, 0.3) is 0 Å². The molecule has 0 unspecified atom stereocenters. The van der Waals surface area contributed by atoms with Gasteiger partial charge >= 0.3 is 0 Å². The van der Waals surface area contributed by atoms with Crippen molar-refractivity contribution >= 4 is 27.9 Å². The van der Waals surface area contributed by atoms with Crippen LogP contribution in [0.1, 0.15) is 10.5 Å². The molecule has 0 radical (unpaired) electrons. The summed E-state index contributed by atoms with van der Waals surface area (Å²) < 4.78 is 2.51. The van der Waals surface area contributed by atoms with Crippen LogP contribution in [0.15, 0.2) is 29.0 Å². The van der Waals surface area contributed by atoms with Crippen molar-refractivity contribution in [1.29, 1.82) is 0 Å². The molecule has 0 N–H and O–H groups in total. The SMILES string of the molecule is O=Cc1nc2ccccn2c1Br. The summed E-state index contributed by atoms with van der Waals surface area (Å²) in [6.07, 6.45) is 2.58. The number of hydrogen-bond donors (Lipinski definition) is 0. The summed E-state index contributed by atoms with van der Waals surface area (Å²) in [6.45, 7) is 0. The third-order valence-electron chi connectivity index (χ3n) is 1.61. The van der Waals surface area contributed by atoms with E-state index in [0.717, 1.165) is 11.9 Å². The largest absolute Gasteiger partial charge is 0.296 e. The zero-order valence-electron chi connectivity index (χ0n) is 6.07. The average Bonchev–Trinajstić information content (AvgIpc) is 2.44. The maximum absolute atomic E-state index is 10.5. The average molecular weight is 225 g/mol. The molecule has 2 heterocycles. The molecule has 0 saturated heterocycles. The Hall–Kier alpha value is -1.16. The van der Waals surface area contributed by atoms with Crippen molar-refractivity contribution in [3.63, 3.8) is 0 Å². The highest BCUT2D eigenvalue weighted by Crippen LogP contribution is 2.16. The fraction of sp³-hybridized carbons (Fsp3) is 0. The van der Waals surface area contributed by atoms with Gasteiger partial charge in [-0.3, -0.25) is 9.20 Å². The van der Waals surface area contributed by atoms with E-state index in [4.69, 9.17) is 0 Å². The highest BCUT2D eigenvalue weighted by Gasteiger charge is 2.06. The maximum Gasteiger partial charge on any atom is 0.171 e. The molecule has 0 aliphatic heterocycles. The smallest absolute Gasteiger partial charge is 0.171 e. The van der Waals surface area contributed by atoms with Gasteiger partial charge in [-0.25, -0.2) is 4.98 Å². The van der Waals surface area contributed by atoms with E-state index < -0.39 is 0 Å². The number of carbonyl (C=O) groups is 1. The Morgan fingerprint density at radius 1 is 1.50 bits per heavy atom. The van der Waals surface area contributed by atoms with Gasteiger partial charge in [-0.05, 0) is 28.1 Å². The van der Waals surface area contributed by atoms with Crippen molar-refractivity contribution < 1.29 is 4.79 Å². The third kappa shape index (κ3) is 0.956. The van der Waals surface area contributed by atoms with Gasteiger partial charge in [0.15, 0.2) is 6.29 Å². The third-order valence-corrected chi connectivity index (χ3v) is 2.40. The molecule has 2 rings (SSSR count). The minimum Gasteiger partial charge on any atom is -0.296 e. The number of imidazole rings is 1. The van der Waals surface area contributed by atoms with Crippen LogP contribution in [0.3, 0.4) is 0 Å². The molecule has 4 heteroatoms. The Balaban J connectivity index is 2.87. The van der Waals surface area contributed by atoms with Gasteiger partial charge in [0, 0.05) is 6.20 Å². The lowest BCUT2D eigenvalue weighted by atomic mass is 10.5. The second-order valence-electron chi connectivity index (χ2n) is 2.33. The summed E-state index contributed by atoms with van der Waals surface area (Å²) in [4.78, 5) is 14.6. The van der Waals surface area contributed by atoms with Crippen LogP contribution in [0.4, 0.5) is 0 Å². The first-order valence-electron chi connectivity index (χ1n) is 3.40. The first kappa shape index (κ1) is 7.49. The van der Waals surface area contributed by atoms with Crippen molar-refractivity contribution in [2.45, 2.75) is 0 Å². The summed E-state index contributed by atoms with van der Waals surface area (Å²) >= 11 is 3.28. The first-order valence-corrected chi connectivity index (χ1v) is 4.20. The Morgan fingerprint density at radius 3 is 3.00 bits per heavy atom. The number of aldehydes is 1. The number of rotatable bonds is 1. The Kier molecular flexibility index (Phi) is 1.69. The van der Waals surface area contributed by atoms with Gasteiger partial charge in [0.1, 0.15) is 15.9 Å². The Labute approximate surface area is 77.2 Å². The van der Waals surface area contributed by atoms with Crippen LogP contribution >= 0.6 is 15.9 Å². The summed E-state index contributed by atoms with van der Waals surface area (Å²) in [5.74, 6) is 0. The molecule has 0 fully saturated rings. The van der Waals surface area contributed by atoms with Gasteiger partial charge in [-0.1, -0.05) is 6.07 Å². The molecule has 0 bridgehead atoms. The Morgan fingerprint density at radius 2 is 2.33 bits per heavy atom. The van der Waals surface area contributed by atoms with Crippen LogP contribution in [0.5, 0.6) is 0 Å². The van der Waals surface area contributed by atoms with Crippen LogP contribution in [0.25, 0.3) is 5.65 Å². The molecule has 0 atom stereocenters. The second kappa shape index (κ2) is 2.71. The molecule has 0 spiro atoms. The number of fused-ring (bicyclic) bond motifs is 1. The van der Waals surface area contributed by atoms with E-state index in [9.17, 15) is 4.79 Å². The standard InChI is InChI=1S/C8H5BrN2O/c9-8-6(5-12)10-7-3-1-2-4-11(7)8/h1-5H. The summed E-state index contributed by atoms with van der Waals surface area (Å²) in [5, 5.41) is 0. The summed E-state index contributed by atoms with van der Waals surface area (Å²) in [6, 6.07) is 5.61. The molecule has 60 valence electrons. The number of carbonyl (C=O) groups excluding carboxylic acids is 1. The topological polar surface area (TPSA) is 34.4 Å². The van der Waals surface area contributed by atoms with Crippen molar-refractivity contribution in [1.82, 2.24) is 9.38 Å². The van der Waals surface area contributed by atoms with Gasteiger partial charge < -0.3 is 0 Å². The lowest BCUT2D eigenvalue weighted by Crippen LogP contribution is -1.82. The predicted molar refractivity (Wildman–Crippen MR) is 48.3 cm³/mol. The molecular weight excluding hydrogens is 220 g/mol. The van der Waals surface area contributed by atoms with Gasteiger partial charge in [-0.2, -0.15) is 0 Å². The fourth-order valence-electron chi connectivity index (χ4n) is 1.06. The minimum atomic E-state index is 0.432. The van der Waals surface area contributed by atoms with E-state index in [1.807, 2.05) is 28.8 Å². The van der Waals surface area contributed by atoms with Crippen molar-refractivity contribution in [3.05, 3.63) is 34.7 Å². The number of aromatic nitrogens is 2. The van der Waals surface area contributed by atoms with E-state index in [0.29, 0.717) is 10.3 Å². The van der Waals surface area contributed by atoms with Crippen molar-refractivity contribution in [2.75, 3.05) is 0 Å². The van der Waals surface area contributed by atoms with Crippen LogP contribution in [0, 0.1) is 0 Å². The van der Waals surface area contributed by atoms with Crippen LogP contribution in [-0.2, 0) is 0 Å². The van der Waals surface area contributed by atoms with Crippen LogP contribution < -0.4 is 0 Å². The van der Waals surface area contributed by atoms with Crippen molar-refractivity contribution in [2.24, 2.45) is 0 Å². The number of halogens is 1. The molecule has 12 heavy (non-hydrogen) atoms. The molecule has 0 saturated carbocycles. The van der Waals surface area contributed by atoms with E-state index in [1.54, 1.807) is 0 Å². The summed E-state index contributed by atoms with van der Waals surface area (Å²) in [5.41, 5.74) is 1.20. The molecule has 0 amide bonds. The predicted octanol–water partition coefficient (Wildman–Crippen LogP) is 1.91. The molecule has 0 aliphatic carbocycles. The number of nitrogens with zero attached hydrogens (tertiary/aromatic N) is 2. The maximum atomic E-state index is 10.5. The molecule has 3 nitrogen and oxygen atoms in total. The highest BCUT2D eigenvalue weighted by atomic mass is 79.9. The number of pyridine rings is 1. The van der Waals surface area contributed by atoms with Crippen molar-refractivity contribution in [3.8, 4) is 0 Å². The van der Waals surface area contributed by atoms with E-state index in [1.165, 1.54) is 0 Å². The molecular formula is C8H5BrN2O. The summed E-state index contributed by atoms with van der Waals surface area (Å²) in [7, 11) is 0. The molecule has 2 aromatic heterocycles. The van der Waals surface area contributed by atoms with E-state index in [2.05, 4.69) is 20.9 Å². The van der Waals surface area contributed by atoms with Gasteiger partial charge in [-0.15, -0.1) is 0 Å². The Bertz CT molecular complexity index is 436. The second-order valence-corrected chi connectivity index (χ2v) is 3.09. The lowest BCUT2D eigenvalue weighted by molar-refractivity contribution is 0.111. The minimum absolute atomic E-state index is 0.432. The van der Waals surface area contributed by atoms with Gasteiger partial charge in [0.05, 0.1) is 0 Å². The zero-order valence-corrected chi connectivity index (χ0v) is 7.65. The normalized spacial score (nSPS) is 10.4. The van der Waals surface area contributed by atoms with Crippen LogP contribution in [-0.4, -0.2) is 15.7 Å². The molecule has 0 aromatic carbocycles. The quantitative estimate of drug-likeness (QED) is 0.694. The lowest BCUT2D eigenvalue weighted by Gasteiger charge is -1.90. The van der Waals surface area contributed by atoms with Gasteiger partial charge in [0.2, 0.25) is 0 Å². The van der Waals surface area contributed by atoms with E-state index >= 15 is 0 Å².